The molecule has 7 nitrogen and oxygen atoms in total. The van der Waals surface area contributed by atoms with Gasteiger partial charge in [0.05, 0.1) is 15.9 Å². The van der Waals surface area contributed by atoms with E-state index in [0.717, 1.165) is 18.9 Å². The molecule has 0 saturated carbocycles. The van der Waals surface area contributed by atoms with Crippen LogP contribution in [-0.4, -0.2) is 15.9 Å². The highest BCUT2D eigenvalue weighted by Crippen LogP contribution is 2.37. The van der Waals surface area contributed by atoms with Crippen LogP contribution in [0.5, 0.6) is 0 Å². The molecule has 0 aliphatic heterocycles. The van der Waals surface area contributed by atoms with Gasteiger partial charge in [0.1, 0.15) is 5.69 Å². The molecule has 0 heterocycles. The molecule has 0 radical (unpaired) electrons. The molecule has 1 rings (SSSR count). The summed E-state index contributed by atoms with van der Waals surface area (Å²) < 4.78 is 0. The lowest BCUT2D eigenvalue weighted by Crippen LogP contribution is -2.19. The highest BCUT2D eigenvalue weighted by molar-refractivity contribution is 5.73. The van der Waals surface area contributed by atoms with Crippen molar-refractivity contribution in [2.24, 2.45) is 0 Å². The second-order valence-corrected chi connectivity index (χ2v) is 4.71. The molecule has 0 atom stereocenters. The van der Waals surface area contributed by atoms with Crippen molar-refractivity contribution in [3.8, 4) is 0 Å². The molecule has 1 aromatic rings. The number of hydrogen-bond donors (Lipinski definition) is 1. The Morgan fingerprint density at radius 2 is 1.55 bits per heavy atom. The van der Waals surface area contributed by atoms with Crippen LogP contribution in [0.1, 0.15) is 37.8 Å². The van der Waals surface area contributed by atoms with E-state index < -0.39 is 9.85 Å². The smallest absolute Gasteiger partial charge is 0.299 e. The summed E-state index contributed by atoms with van der Waals surface area (Å²) in [5.41, 5.74) is 0.926. The van der Waals surface area contributed by atoms with Gasteiger partial charge in [-0.1, -0.05) is 13.8 Å². The fourth-order valence-electron chi connectivity index (χ4n) is 2.09. The molecule has 110 valence electrons. The number of nitro benzene ring substituents is 2. The van der Waals surface area contributed by atoms with Crippen LogP contribution < -0.4 is 5.32 Å². The van der Waals surface area contributed by atoms with Gasteiger partial charge in [0.25, 0.3) is 11.4 Å². The first-order valence-corrected chi connectivity index (χ1v) is 6.52. The maximum atomic E-state index is 11.2. The average molecular weight is 281 g/mol. The first-order valence-electron chi connectivity index (χ1n) is 6.52. The van der Waals surface area contributed by atoms with Crippen molar-refractivity contribution in [3.63, 3.8) is 0 Å². The molecule has 0 aliphatic carbocycles. The Labute approximate surface area is 117 Å². The Hall–Kier alpha value is -2.18. The summed E-state index contributed by atoms with van der Waals surface area (Å²) in [5.74, 6) is 0. The zero-order chi connectivity index (χ0) is 15.4. The van der Waals surface area contributed by atoms with Crippen LogP contribution >= 0.6 is 0 Å². The number of benzene rings is 1. The van der Waals surface area contributed by atoms with Crippen molar-refractivity contribution >= 4 is 17.1 Å². The van der Waals surface area contributed by atoms with Crippen LogP contribution in [0.25, 0.3) is 0 Å². The third-order valence-corrected chi connectivity index (χ3v) is 3.58. The Morgan fingerprint density at radius 1 is 1.05 bits per heavy atom. The van der Waals surface area contributed by atoms with Crippen molar-refractivity contribution in [2.75, 3.05) is 5.32 Å². The molecule has 0 unspecified atom stereocenters. The van der Waals surface area contributed by atoms with Crippen molar-refractivity contribution in [3.05, 3.63) is 37.4 Å². The van der Waals surface area contributed by atoms with Crippen LogP contribution in [-0.2, 0) is 0 Å². The van der Waals surface area contributed by atoms with Gasteiger partial charge < -0.3 is 5.32 Å². The van der Waals surface area contributed by atoms with E-state index in [4.69, 9.17) is 0 Å². The van der Waals surface area contributed by atoms with Crippen molar-refractivity contribution in [1.82, 2.24) is 0 Å². The minimum absolute atomic E-state index is 0.105. The highest BCUT2D eigenvalue weighted by atomic mass is 16.6. The van der Waals surface area contributed by atoms with Crippen molar-refractivity contribution in [2.45, 2.75) is 46.6 Å². The molecule has 0 fully saturated rings. The summed E-state index contributed by atoms with van der Waals surface area (Å²) in [6.07, 6.45) is 1.65. The van der Waals surface area contributed by atoms with Crippen LogP contribution in [0.2, 0.25) is 0 Å². The first-order chi connectivity index (χ1) is 9.33. The molecule has 0 aliphatic rings. The SMILES string of the molecule is CCC(CC)Nc1c([N+](=O)[O-])cc([N+](=O)[O-])c(C)c1C. The molecular weight excluding hydrogens is 262 g/mol. The highest BCUT2D eigenvalue weighted by Gasteiger charge is 2.26. The third-order valence-electron chi connectivity index (χ3n) is 3.58. The quantitative estimate of drug-likeness (QED) is 0.632. The Bertz CT molecular complexity index is 539. The Kier molecular flexibility index (Phi) is 5.01. The zero-order valence-corrected chi connectivity index (χ0v) is 12.1. The molecule has 20 heavy (non-hydrogen) atoms. The lowest BCUT2D eigenvalue weighted by Gasteiger charge is -2.19. The molecular formula is C13H19N3O4. The van der Waals surface area contributed by atoms with Crippen LogP contribution in [0, 0.1) is 34.1 Å². The topological polar surface area (TPSA) is 98.3 Å². The van der Waals surface area contributed by atoms with Crippen molar-refractivity contribution < 1.29 is 9.85 Å². The normalized spacial score (nSPS) is 10.7. The summed E-state index contributed by atoms with van der Waals surface area (Å²) in [4.78, 5) is 21.0. The number of hydrogen-bond acceptors (Lipinski definition) is 5. The summed E-state index contributed by atoms with van der Waals surface area (Å²) in [6, 6.07) is 1.14. The maximum Gasteiger partial charge on any atom is 0.299 e. The van der Waals surface area contributed by atoms with Crippen LogP contribution in [0.15, 0.2) is 6.07 Å². The fraction of sp³-hybridized carbons (Fsp3) is 0.538. The lowest BCUT2D eigenvalue weighted by atomic mass is 10.0. The monoisotopic (exact) mass is 281 g/mol. The van der Waals surface area contributed by atoms with E-state index in [1.54, 1.807) is 13.8 Å². The molecule has 1 N–H and O–H groups in total. The minimum atomic E-state index is -0.587. The largest absolute Gasteiger partial charge is 0.377 e. The maximum absolute atomic E-state index is 11.2. The second kappa shape index (κ2) is 6.31. The number of rotatable bonds is 6. The van der Waals surface area contributed by atoms with Gasteiger partial charge in [0.15, 0.2) is 0 Å². The van der Waals surface area contributed by atoms with E-state index in [9.17, 15) is 20.2 Å². The van der Waals surface area contributed by atoms with Gasteiger partial charge in [-0.05, 0) is 32.3 Å². The summed E-state index contributed by atoms with van der Waals surface area (Å²) >= 11 is 0. The van der Waals surface area contributed by atoms with Gasteiger partial charge in [-0.25, -0.2) is 0 Å². The van der Waals surface area contributed by atoms with E-state index in [-0.39, 0.29) is 17.4 Å². The number of nitrogens with one attached hydrogen (secondary N) is 1. The molecule has 7 heteroatoms. The van der Waals surface area contributed by atoms with Gasteiger partial charge in [-0.2, -0.15) is 0 Å². The molecule has 0 saturated heterocycles. The third kappa shape index (κ3) is 3.04. The number of anilines is 1. The molecule has 0 aromatic heterocycles. The predicted molar refractivity (Wildman–Crippen MR) is 77.2 cm³/mol. The first kappa shape index (κ1) is 15.9. The van der Waals surface area contributed by atoms with E-state index in [1.807, 2.05) is 13.8 Å². The van der Waals surface area contributed by atoms with Gasteiger partial charge >= 0.3 is 0 Å². The van der Waals surface area contributed by atoms with Gasteiger partial charge in [0.2, 0.25) is 0 Å². The molecule has 0 spiro atoms. The lowest BCUT2D eigenvalue weighted by molar-refractivity contribution is -0.394. The zero-order valence-electron chi connectivity index (χ0n) is 12.1. The Morgan fingerprint density at radius 3 is 1.95 bits per heavy atom. The van der Waals surface area contributed by atoms with Gasteiger partial charge in [0, 0.05) is 11.6 Å². The molecule has 0 amide bonds. The fourth-order valence-corrected chi connectivity index (χ4v) is 2.09. The van der Waals surface area contributed by atoms with E-state index in [2.05, 4.69) is 5.32 Å². The van der Waals surface area contributed by atoms with E-state index in [1.165, 1.54) is 0 Å². The number of nitro groups is 2. The predicted octanol–water partition coefficient (Wildman–Crippen LogP) is 3.72. The number of nitrogens with zero attached hydrogens (tertiary/aromatic N) is 2. The van der Waals surface area contributed by atoms with E-state index in [0.29, 0.717) is 16.8 Å². The van der Waals surface area contributed by atoms with Gasteiger partial charge in [-0.3, -0.25) is 20.2 Å². The van der Waals surface area contributed by atoms with Crippen LogP contribution in [0.3, 0.4) is 0 Å². The standard InChI is InChI=1S/C13H19N3O4/c1-5-10(6-2)14-13-9(4)8(3)11(15(17)18)7-12(13)16(19)20/h7,10,14H,5-6H2,1-4H3. The summed E-state index contributed by atoms with van der Waals surface area (Å²) in [7, 11) is 0. The minimum Gasteiger partial charge on any atom is -0.377 e. The molecule has 1 aromatic carbocycles. The average Bonchev–Trinajstić information content (AvgIpc) is 2.39. The molecule has 0 bridgehead atoms. The second-order valence-electron chi connectivity index (χ2n) is 4.71. The summed E-state index contributed by atoms with van der Waals surface area (Å²) in [6.45, 7) is 7.25. The van der Waals surface area contributed by atoms with Crippen molar-refractivity contribution in [1.29, 1.82) is 0 Å². The van der Waals surface area contributed by atoms with Gasteiger partial charge in [-0.15, -0.1) is 0 Å². The Balaban J connectivity index is 3.45. The van der Waals surface area contributed by atoms with E-state index >= 15 is 0 Å². The van der Waals surface area contributed by atoms with Crippen LogP contribution in [0.4, 0.5) is 17.1 Å². The summed E-state index contributed by atoms with van der Waals surface area (Å²) in [5, 5.41) is 25.3.